The molecule has 18 heavy (non-hydrogen) atoms. The van der Waals surface area contributed by atoms with Crippen molar-refractivity contribution in [1.82, 2.24) is 0 Å². The first kappa shape index (κ1) is 22.1. The fraction of sp³-hybridized carbons (Fsp3) is 0.600. The summed E-state index contributed by atoms with van der Waals surface area (Å²) in [6.45, 7) is 0. The maximum atomic E-state index is 9.99. The van der Waals surface area contributed by atoms with E-state index in [-0.39, 0.29) is 12.8 Å². The number of carboxylic acids is 2. The zero-order valence-corrected chi connectivity index (χ0v) is 10.6. The Hall–Kier alpha value is -1.06. The summed E-state index contributed by atoms with van der Waals surface area (Å²) in [6, 6.07) is -1.06. The molecule has 0 aliphatic rings. The van der Waals surface area contributed by atoms with E-state index in [0.29, 0.717) is 0 Å². The molecule has 0 rings (SSSR count). The summed E-state index contributed by atoms with van der Waals surface area (Å²) < 4.78 is 17.4. The second-order valence-corrected chi connectivity index (χ2v) is 3.39. The van der Waals surface area contributed by atoms with Crippen LogP contribution in [0.15, 0.2) is 0 Å². The van der Waals surface area contributed by atoms with E-state index in [1.54, 1.807) is 0 Å². The Morgan fingerprint density at radius 1 is 1.00 bits per heavy atom. The smallest absolute Gasteiger partial charge is 0.481 e. The maximum absolute atomic E-state index is 9.99. The van der Waals surface area contributed by atoms with E-state index in [4.69, 9.17) is 44.7 Å². The van der Waals surface area contributed by atoms with E-state index in [9.17, 15) is 9.59 Å². The van der Waals surface area contributed by atoms with Crippen molar-refractivity contribution in [3.63, 3.8) is 0 Å². The highest BCUT2D eigenvalue weighted by atomic mass is 31.1. The van der Waals surface area contributed by atoms with Gasteiger partial charge in [-0.05, 0) is 6.42 Å². The lowest BCUT2D eigenvalue weighted by Crippen LogP contribution is -2.30. The molecule has 0 aromatic heterocycles. The summed E-state index contributed by atoms with van der Waals surface area (Å²) >= 11 is 0. The minimum atomic E-state index is -2.87. The van der Waals surface area contributed by atoms with Gasteiger partial charge in [0, 0.05) is 15.6 Å². The second kappa shape index (κ2) is 14.0. The summed E-state index contributed by atoms with van der Waals surface area (Å²) in [7, 11) is -5.74. The molecular weight excluding hydrogens is 296 g/mol. The second-order valence-electron chi connectivity index (χ2n) is 2.38. The molecule has 0 saturated heterocycles. The zero-order valence-electron chi connectivity index (χ0n) is 8.78. The summed E-state index contributed by atoms with van der Waals surface area (Å²) in [6.07, 6.45) is -0.224. The van der Waals surface area contributed by atoms with Gasteiger partial charge in [0.05, 0.1) is 0 Å². The molecule has 11 nitrogen and oxygen atoms in total. The number of hydrogen-bond donors (Lipinski definition) is 7. The van der Waals surface area contributed by atoms with Crippen molar-refractivity contribution < 1.29 is 48.5 Å². The normalized spacial score (nSPS) is 9.83. The maximum Gasteiger partial charge on any atom is 0.692 e. The first-order valence-electron chi connectivity index (χ1n) is 3.90. The average molecular weight is 309 g/mol. The lowest BCUT2D eigenvalue weighted by molar-refractivity contribution is -0.139. The Kier molecular flexibility index (Phi) is 17.2. The highest BCUT2D eigenvalue weighted by Gasteiger charge is 2.12. The molecular formula is C5H13NO10P2+2. The lowest BCUT2D eigenvalue weighted by Gasteiger charge is -2.01. The molecule has 0 saturated carbocycles. The molecule has 0 spiro atoms. The minimum Gasteiger partial charge on any atom is -0.481 e. The molecule has 106 valence electrons. The van der Waals surface area contributed by atoms with Gasteiger partial charge in [-0.15, -0.1) is 19.6 Å². The predicted octanol–water partition coefficient (Wildman–Crippen LogP) is -1.48. The van der Waals surface area contributed by atoms with E-state index in [1.165, 1.54) is 0 Å². The number of rotatable bonds is 4. The lowest BCUT2D eigenvalue weighted by atomic mass is 10.2. The minimum absolute atomic E-state index is 0.0231. The Labute approximate surface area is 102 Å². The van der Waals surface area contributed by atoms with Crippen LogP contribution < -0.4 is 5.73 Å². The molecule has 13 heteroatoms. The molecule has 0 aromatic rings. The van der Waals surface area contributed by atoms with Crippen LogP contribution in [-0.4, -0.2) is 47.8 Å². The van der Waals surface area contributed by atoms with Gasteiger partial charge < -0.3 is 15.9 Å². The predicted molar refractivity (Wildman–Crippen MR) is 56.6 cm³/mol. The van der Waals surface area contributed by atoms with Crippen LogP contribution in [0.25, 0.3) is 0 Å². The number of carboxylic acid groups (broad SMARTS) is 2. The number of nitrogens with two attached hydrogens (primary N) is 1. The van der Waals surface area contributed by atoms with E-state index in [1.807, 2.05) is 0 Å². The van der Waals surface area contributed by atoms with Crippen LogP contribution in [0.4, 0.5) is 0 Å². The largest absolute Gasteiger partial charge is 0.692 e. The van der Waals surface area contributed by atoms with Crippen LogP contribution in [0.3, 0.4) is 0 Å². The van der Waals surface area contributed by atoms with Gasteiger partial charge in [0.2, 0.25) is 0 Å². The first-order chi connectivity index (χ1) is 8.00. The van der Waals surface area contributed by atoms with Crippen molar-refractivity contribution >= 4 is 28.4 Å². The Balaban J connectivity index is -0.000000233. The summed E-state index contributed by atoms with van der Waals surface area (Å²) in [5, 5.41) is 16.3. The van der Waals surface area contributed by atoms with Gasteiger partial charge in [-0.25, -0.2) is 0 Å². The Morgan fingerprint density at radius 3 is 1.44 bits per heavy atom. The van der Waals surface area contributed by atoms with E-state index < -0.39 is 34.5 Å². The van der Waals surface area contributed by atoms with Crippen LogP contribution in [0, 0.1) is 0 Å². The Bertz CT molecular complexity index is 274. The molecule has 1 atom stereocenters. The van der Waals surface area contributed by atoms with E-state index in [0.717, 1.165) is 0 Å². The zero-order chi connectivity index (χ0) is 15.3. The third-order valence-electron chi connectivity index (χ3n) is 0.986. The fourth-order valence-corrected chi connectivity index (χ4v) is 0.402. The molecule has 0 radical (unpaired) electrons. The third-order valence-corrected chi connectivity index (χ3v) is 0.986. The highest BCUT2D eigenvalue weighted by Crippen LogP contribution is 1.99. The first-order valence-corrected chi connectivity index (χ1v) is 6.23. The van der Waals surface area contributed by atoms with Crippen LogP contribution >= 0.6 is 16.5 Å². The van der Waals surface area contributed by atoms with Gasteiger partial charge in [-0.3, -0.25) is 9.59 Å². The van der Waals surface area contributed by atoms with Crippen molar-refractivity contribution in [1.29, 1.82) is 0 Å². The molecule has 0 unspecified atom stereocenters. The van der Waals surface area contributed by atoms with Crippen LogP contribution in [-0.2, 0) is 18.7 Å². The topological polar surface area (TPSA) is 216 Å². The third kappa shape index (κ3) is 46.1. The molecule has 0 fully saturated rings. The Morgan fingerprint density at radius 2 is 1.28 bits per heavy atom. The van der Waals surface area contributed by atoms with E-state index >= 15 is 0 Å². The van der Waals surface area contributed by atoms with E-state index in [2.05, 4.69) is 0 Å². The fourth-order valence-electron chi connectivity index (χ4n) is 0.402. The summed E-state index contributed by atoms with van der Waals surface area (Å²) in [4.78, 5) is 48.4. The van der Waals surface area contributed by atoms with Gasteiger partial charge in [-0.1, -0.05) is 0 Å². The SMILES string of the molecule is N[C@@H](CCC(=O)O)C(=O)O.O=[P+](O)O.O=[P+](O)O. The van der Waals surface area contributed by atoms with Crippen LogP contribution in [0.1, 0.15) is 12.8 Å². The standard InChI is InChI=1S/C5H9NO4.2HO3P/c6-3(5(9)10)1-2-4(7)8;2*1-4(2)3/h3H,1-2,6H2,(H,7,8)(H,9,10);2*(H-,1,2,3)/p+2/t3-;;/m0../s1. The van der Waals surface area contributed by atoms with Crippen molar-refractivity contribution in [2.45, 2.75) is 18.9 Å². The summed E-state index contributed by atoms with van der Waals surface area (Å²) in [5.74, 6) is -2.20. The molecule has 0 aliphatic heterocycles. The quantitative estimate of drug-likeness (QED) is 0.297. The van der Waals surface area contributed by atoms with Crippen molar-refractivity contribution in [2.24, 2.45) is 5.73 Å². The van der Waals surface area contributed by atoms with Gasteiger partial charge in [0.25, 0.3) is 0 Å². The van der Waals surface area contributed by atoms with Gasteiger partial charge in [-0.2, -0.15) is 0 Å². The average Bonchev–Trinajstić information content (AvgIpc) is 2.11. The number of aliphatic carboxylic acids is 2. The molecule has 0 bridgehead atoms. The highest BCUT2D eigenvalue weighted by molar-refractivity contribution is 7.31. The van der Waals surface area contributed by atoms with Gasteiger partial charge in [0.15, 0.2) is 0 Å². The van der Waals surface area contributed by atoms with Gasteiger partial charge >= 0.3 is 28.4 Å². The molecule has 8 N–H and O–H groups in total. The molecule has 0 aliphatic carbocycles. The monoisotopic (exact) mass is 309 g/mol. The van der Waals surface area contributed by atoms with Crippen LogP contribution in [0.5, 0.6) is 0 Å². The van der Waals surface area contributed by atoms with Crippen molar-refractivity contribution in [3.05, 3.63) is 0 Å². The number of hydrogen-bond acceptors (Lipinski definition) is 5. The number of carbonyl (C=O) groups is 2. The molecule has 0 amide bonds. The van der Waals surface area contributed by atoms with Crippen molar-refractivity contribution in [2.75, 3.05) is 0 Å². The van der Waals surface area contributed by atoms with Gasteiger partial charge in [0.1, 0.15) is 6.04 Å². The summed E-state index contributed by atoms with van der Waals surface area (Å²) in [5.41, 5.74) is 5.00. The molecule has 0 aromatic carbocycles. The molecule has 0 heterocycles. The van der Waals surface area contributed by atoms with Crippen LogP contribution in [0.2, 0.25) is 0 Å². The van der Waals surface area contributed by atoms with Crippen molar-refractivity contribution in [3.8, 4) is 0 Å².